The van der Waals surface area contributed by atoms with Gasteiger partial charge in [-0.1, -0.05) is 13.3 Å². The van der Waals surface area contributed by atoms with Crippen molar-refractivity contribution in [2.75, 3.05) is 13.2 Å². The number of hydrogen-bond donors (Lipinski definition) is 0. The lowest BCUT2D eigenvalue weighted by molar-refractivity contribution is 0.142. The van der Waals surface area contributed by atoms with Crippen molar-refractivity contribution in [3.05, 3.63) is 11.8 Å². The van der Waals surface area contributed by atoms with Gasteiger partial charge in [-0.2, -0.15) is 0 Å². The monoisotopic (exact) mass is 250 g/mol. The molecule has 0 bridgehead atoms. The average Bonchev–Trinajstić information content (AvgIpc) is 2.25. The van der Waals surface area contributed by atoms with Crippen molar-refractivity contribution in [2.45, 2.75) is 47.0 Å². The summed E-state index contributed by atoms with van der Waals surface area (Å²) in [4.78, 5) is 0. The Hall–Kier alpha value is -0.310. The quantitative estimate of drug-likeness (QED) is 0.452. The van der Waals surface area contributed by atoms with E-state index in [1.165, 1.54) is 0 Å². The molecule has 0 rings (SSSR count). The van der Waals surface area contributed by atoms with E-state index < -0.39 is 7.82 Å². The van der Waals surface area contributed by atoms with Gasteiger partial charge in [0.15, 0.2) is 0 Å². The highest BCUT2D eigenvalue weighted by molar-refractivity contribution is 7.48. The van der Waals surface area contributed by atoms with Gasteiger partial charge in [0.25, 0.3) is 0 Å². The predicted molar refractivity (Wildman–Crippen MR) is 65.2 cm³/mol. The summed E-state index contributed by atoms with van der Waals surface area (Å²) in [7, 11) is -3.40. The Bertz CT molecular complexity index is 240. The SMILES string of the molecule is C/C=C(/CCCC)OP(=O)(OCC)OCC. The van der Waals surface area contributed by atoms with Crippen LogP contribution in [0.3, 0.4) is 0 Å². The van der Waals surface area contributed by atoms with E-state index in [-0.39, 0.29) is 0 Å². The Kier molecular flexibility index (Phi) is 8.63. The predicted octanol–water partition coefficient (Wildman–Crippen LogP) is 4.28. The van der Waals surface area contributed by atoms with Crippen molar-refractivity contribution >= 4 is 7.82 Å². The first kappa shape index (κ1) is 15.7. The molecule has 0 aliphatic carbocycles. The van der Waals surface area contributed by atoms with Crippen LogP contribution in [0, 0.1) is 0 Å². The highest BCUT2D eigenvalue weighted by Crippen LogP contribution is 2.51. The van der Waals surface area contributed by atoms with E-state index in [4.69, 9.17) is 13.6 Å². The number of hydrogen-bond acceptors (Lipinski definition) is 4. The zero-order chi connectivity index (χ0) is 12.4. The fraction of sp³-hybridized carbons (Fsp3) is 0.818. The number of allylic oxidation sites excluding steroid dienone is 2. The van der Waals surface area contributed by atoms with Gasteiger partial charge in [-0.25, -0.2) is 4.57 Å². The number of phosphoric acid groups is 1. The fourth-order valence-electron chi connectivity index (χ4n) is 1.14. The summed E-state index contributed by atoms with van der Waals surface area (Å²) < 4.78 is 27.5. The number of rotatable bonds is 9. The summed E-state index contributed by atoms with van der Waals surface area (Å²) >= 11 is 0. The lowest BCUT2D eigenvalue weighted by atomic mass is 10.2. The van der Waals surface area contributed by atoms with Gasteiger partial charge in [-0.3, -0.25) is 9.05 Å². The minimum atomic E-state index is -3.40. The van der Waals surface area contributed by atoms with Gasteiger partial charge in [-0.15, -0.1) is 0 Å². The molecule has 0 saturated carbocycles. The smallest absolute Gasteiger partial charge is 0.409 e. The van der Waals surface area contributed by atoms with Crippen molar-refractivity contribution in [2.24, 2.45) is 0 Å². The largest absolute Gasteiger partial charge is 0.529 e. The normalized spacial score (nSPS) is 12.9. The molecule has 0 aliphatic heterocycles. The number of phosphoric ester groups is 1. The maximum absolute atomic E-state index is 12.0. The van der Waals surface area contributed by atoms with Gasteiger partial charge in [0.1, 0.15) is 5.76 Å². The first-order valence-corrected chi connectivity index (χ1v) is 7.31. The summed E-state index contributed by atoms with van der Waals surface area (Å²) in [5, 5.41) is 0. The minimum Gasteiger partial charge on any atom is -0.409 e. The molecule has 0 amide bonds. The van der Waals surface area contributed by atoms with Gasteiger partial charge in [0, 0.05) is 6.42 Å². The van der Waals surface area contributed by atoms with E-state index in [0.29, 0.717) is 19.0 Å². The Labute approximate surface area is 98.6 Å². The van der Waals surface area contributed by atoms with E-state index in [0.717, 1.165) is 19.3 Å². The second-order valence-corrected chi connectivity index (χ2v) is 4.83. The topological polar surface area (TPSA) is 44.8 Å². The molecule has 0 aromatic heterocycles. The third-order valence-electron chi connectivity index (χ3n) is 1.90. The first-order chi connectivity index (χ1) is 7.61. The summed E-state index contributed by atoms with van der Waals surface area (Å²) in [6, 6.07) is 0. The lowest BCUT2D eigenvalue weighted by Crippen LogP contribution is -2.00. The lowest BCUT2D eigenvalue weighted by Gasteiger charge is -2.18. The molecule has 0 radical (unpaired) electrons. The summed E-state index contributed by atoms with van der Waals surface area (Å²) in [5.41, 5.74) is 0. The van der Waals surface area contributed by atoms with Crippen LogP contribution >= 0.6 is 7.82 Å². The highest BCUT2D eigenvalue weighted by Gasteiger charge is 2.27. The molecule has 0 atom stereocenters. The zero-order valence-corrected chi connectivity index (χ0v) is 11.6. The molecule has 96 valence electrons. The Morgan fingerprint density at radius 2 is 1.75 bits per heavy atom. The van der Waals surface area contributed by atoms with Crippen LogP contribution in [0.5, 0.6) is 0 Å². The second kappa shape index (κ2) is 8.80. The Morgan fingerprint density at radius 3 is 2.12 bits per heavy atom. The van der Waals surface area contributed by atoms with E-state index in [9.17, 15) is 4.57 Å². The minimum absolute atomic E-state index is 0.308. The van der Waals surface area contributed by atoms with Crippen LogP contribution in [0.1, 0.15) is 47.0 Å². The first-order valence-electron chi connectivity index (χ1n) is 5.85. The summed E-state index contributed by atoms with van der Waals surface area (Å²) in [6.45, 7) is 8.09. The van der Waals surface area contributed by atoms with E-state index in [1.54, 1.807) is 19.9 Å². The molecule has 0 unspecified atom stereocenters. The molecule has 0 aliphatic rings. The molecule has 0 aromatic rings. The molecule has 0 spiro atoms. The maximum Gasteiger partial charge on any atom is 0.529 e. The van der Waals surface area contributed by atoms with E-state index >= 15 is 0 Å². The van der Waals surface area contributed by atoms with Crippen molar-refractivity contribution in [1.29, 1.82) is 0 Å². The van der Waals surface area contributed by atoms with Crippen molar-refractivity contribution in [3.63, 3.8) is 0 Å². The van der Waals surface area contributed by atoms with Crippen LogP contribution in [0.4, 0.5) is 0 Å². The van der Waals surface area contributed by atoms with Crippen LogP contribution in [0.15, 0.2) is 11.8 Å². The molecule has 0 aromatic carbocycles. The molecule has 16 heavy (non-hydrogen) atoms. The van der Waals surface area contributed by atoms with Crippen LogP contribution in [0.2, 0.25) is 0 Å². The average molecular weight is 250 g/mol. The molecule has 4 nitrogen and oxygen atoms in total. The molecule has 0 saturated heterocycles. The third-order valence-corrected chi connectivity index (χ3v) is 3.51. The van der Waals surface area contributed by atoms with Crippen LogP contribution < -0.4 is 0 Å². The summed E-state index contributed by atoms with van der Waals surface area (Å²) in [5.74, 6) is 0.673. The molecule has 5 heteroatoms. The third kappa shape index (κ3) is 6.31. The van der Waals surface area contributed by atoms with Crippen LogP contribution in [-0.2, 0) is 18.1 Å². The van der Waals surface area contributed by atoms with Crippen LogP contribution in [0.25, 0.3) is 0 Å². The maximum atomic E-state index is 12.0. The van der Waals surface area contributed by atoms with Gasteiger partial charge in [0.05, 0.1) is 13.2 Å². The van der Waals surface area contributed by atoms with Crippen molar-refractivity contribution in [3.8, 4) is 0 Å². The van der Waals surface area contributed by atoms with E-state index in [1.807, 2.05) is 6.92 Å². The van der Waals surface area contributed by atoms with E-state index in [2.05, 4.69) is 6.92 Å². The molecule has 0 N–H and O–H groups in total. The fourth-order valence-corrected chi connectivity index (χ4v) is 2.44. The van der Waals surface area contributed by atoms with Crippen molar-refractivity contribution in [1.82, 2.24) is 0 Å². The highest BCUT2D eigenvalue weighted by atomic mass is 31.2. The molecule has 0 fully saturated rings. The van der Waals surface area contributed by atoms with Crippen LogP contribution in [-0.4, -0.2) is 13.2 Å². The van der Waals surface area contributed by atoms with Gasteiger partial charge in [-0.05, 0) is 33.3 Å². The zero-order valence-electron chi connectivity index (χ0n) is 10.7. The van der Waals surface area contributed by atoms with Crippen molar-refractivity contribution < 1.29 is 18.1 Å². The Balaban J connectivity index is 4.41. The summed E-state index contributed by atoms with van der Waals surface area (Å²) in [6.07, 6.45) is 4.63. The molecular weight excluding hydrogens is 227 g/mol. The molecular formula is C11H23O4P. The molecule has 0 heterocycles. The van der Waals surface area contributed by atoms with Gasteiger partial charge in [0.2, 0.25) is 0 Å². The standard InChI is InChI=1S/C11H23O4P/c1-5-9-10-11(6-2)15-16(12,13-7-3)14-8-4/h6H,5,7-10H2,1-4H3/b11-6-. The van der Waals surface area contributed by atoms with Gasteiger partial charge >= 0.3 is 7.82 Å². The van der Waals surface area contributed by atoms with Gasteiger partial charge < -0.3 is 4.52 Å². The second-order valence-electron chi connectivity index (χ2n) is 3.23. The Morgan fingerprint density at radius 1 is 1.19 bits per heavy atom. The number of unbranched alkanes of at least 4 members (excludes halogenated alkanes) is 1.